The molecule has 0 amide bonds. The van der Waals surface area contributed by atoms with Gasteiger partial charge in [0.05, 0.1) is 12.1 Å². The molecule has 2 bridgehead atoms. The third kappa shape index (κ3) is 1.53. The molecule has 0 radical (unpaired) electrons. The van der Waals surface area contributed by atoms with Gasteiger partial charge in [0.15, 0.2) is 0 Å². The van der Waals surface area contributed by atoms with E-state index in [1.807, 2.05) is 0 Å². The molecule has 1 N–H and O–H groups in total. The molecular formula is C12H13N5O. The van der Waals surface area contributed by atoms with Gasteiger partial charge in [-0.25, -0.2) is 4.98 Å². The molecule has 6 heteroatoms. The Morgan fingerprint density at radius 1 is 1.28 bits per heavy atom. The second-order valence-electron chi connectivity index (χ2n) is 4.94. The summed E-state index contributed by atoms with van der Waals surface area (Å²) in [5.41, 5.74) is 0.656. The Bertz CT molecular complexity index is 555. The van der Waals surface area contributed by atoms with Crippen LogP contribution in [0, 0.1) is 0 Å². The van der Waals surface area contributed by atoms with Crippen LogP contribution in [0.1, 0.15) is 31.1 Å². The first-order chi connectivity index (χ1) is 8.90. The van der Waals surface area contributed by atoms with Gasteiger partial charge in [-0.1, -0.05) is 5.16 Å². The van der Waals surface area contributed by atoms with E-state index in [0.29, 0.717) is 29.5 Å². The van der Waals surface area contributed by atoms with Gasteiger partial charge in [-0.3, -0.25) is 4.98 Å². The Morgan fingerprint density at radius 2 is 2.28 bits per heavy atom. The lowest BCUT2D eigenvalue weighted by atomic mass is 9.89. The van der Waals surface area contributed by atoms with Crippen LogP contribution in [0.5, 0.6) is 0 Å². The Morgan fingerprint density at radius 3 is 3.00 bits per heavy atom. The fourth-order valence-electron chi connectivity index (χ4n) is 3.00. The standard InChI is InChI=1S/C12H13N5O/c1-2-9-8(5-7(1)15-9)12-16-11(17-18-12)10-6-13-3-4-14-10/h3-4,6-9,15H,1-2,5H2. The van der Waals surface area contributed by atoms with Crippen LogP contribution in [-0.2, 0) is 0 Å². The number of hydrogen-bond acceptors (Lipinski definition) is 6. The number of nitrogens with zero attached hydrogens (tertiary/aromatic N) is 4. The summed E-state index contributed by atoms with van der Waals surface area (Å²) in [6.07, 6.45) is 8.49. The maximum Gasteiger partial charge on any atom is 0.231 e. The van der Waals surface area contributed by atoms with Crippen molar-refractivity contribution in [3.63, 3.8) is 0 Å². The minimum Gasteiger partial charge on any atom is -0.339 e. The highest BCUT2D eigenvalue weighted by molar-refractivity contribution is 5.45. The van der Waals surface area contributed by atoms with E-state index in [1.165, 1.54) is 12.8 Å². The van der Waals surface area contributed by atoms with Gasteiger partial charge in [0.2, 0.25) is 11.7 Å². The average molecular weight is 243 g/mol. The van der Waals surface area contributed by atoms with Crippen molar-refractivity contribution in [2.75, 3.05) is 0 Å². The molecule has 18 heavy (non-hydrogen) atoms. The molecule has 2 aliphatic heterocycles. The lowest BCUT2D eigenvalue weighted by molar-refractivity contribution is 0.329. The topological polar surface area (TPSA) is 76.7 Å². The van der Waals surface area contributed by atoms with Gasteiger partial charge in [0.25, 0.3) is 0 Å². The molecule has 0 spiro atoms. The molecule has 4 rings (SSSR count). The van der Waals surface area contributed by atoms with Gasteiger partial charge in [-0.2, -0.15) is 4.98 Å². The zero-order chi connectivity index (χ0) is 11.9. The summed E-state index contributed by atoms with van der Waals surface area (Å²) in [6.45, 7) is 0. The van der Waals surface area contributed by atoms with Crippen LogP contribution in [0.2, 0.25) is 0 Å². The predicted molar refractivity (Wildman–Crippen MR) is 62.6 cm³/mol. The van der Waals surface area contributed by atoms with E-state index in [0.717, 1.165) is 12.3 Å². The van der Waals surface area contributed by atoms with Crippen LogP contribution in [0.25, 0.3) is 11.5 Å². The summed E-state index contributed by atoms with van der Waals surface area (Å²) in [4.78, 5) is 12.6. The van der Waals surface area contributed by atoms with Crippen molar-refractivity contribution in [3.8, 4) is 11.5 Å². The van der Waals surface area contributed by atoms with E-state index in [2.05, 4.69) is 25.4 Å². The molecule has 2 saturated heterocycles. The summed E-state index contributed by atoms with van der Waals surface area (Å²) in [5, 5.41) is 7.57. The van der Waals surface area contributed by atoms with E-state index < -0.39 is 0 Å². The number of fused-ring (bicyclic) bond motifs is 2. The van der Waals surface area contributed by atoms with Crippen LogP contribution in [0.3, 0.4) is 0 Å². The summed E-state index contributed by atoms with van der Waals surface area (Å²) in [5.74, 6) is 1.62. The third-order valence-electron chi connectivity index (χ3n) is 3.85. The normalized spacial score (nSPS) is 29.9. The van der Waals surface area contributed by atoms with Crippen molar-refractivity contribution in [2.45, 2.75) is 37.3 Å². The minimum absolute atomic E-state index is 0.363. The van der Waals surface area contributed by atoms with Crippen molar-refractivity contribution in [2.24, 2.45) is 0 Å². The molecule has 2 aromatic heterocycles. The molecule has 0 aromatic carbocycles. The highest BCUT2D eigenvalue weighted by Crippen LogP contribution is 2.39. The number of aromatic nitrogens is 4. The molecule has 2 aliphatic rings. The first-order valence-electron chi connectivity index (χ1n) is 6.26. The van der Waals surface area contributed by atoms with Gasteiger partial charge < -0.3 is 9.84 Å². The van der Waals surface area contributed by atoms with Gasteiger partial charge in [0, 0.05) is 24.5 Å². The molecule has 2 fully saturated rings. The number of rotatable bonds is 2. The van der Waals surface area contributed by atoms with E-state index in [1.54, 1.807) is 18.6 Å². The third-order valence-corrected chi connectivity index (χ3v) is 3.85. The quantitative estimate of drug-likeness (QED) is 0.852. The van der Waals surface area contributed by atoms with E-state index in [9.17, 15) is 0 Å². The number of hydrogen-bond donors (Lipinski definition) is 1. The van der Waals surface area contributed by atoms with Crippen LogP contribution in [-0.4, -0.2) is 32.2 Å². The van der Waals surface area contributed by atoms with Crippen molar-refractivity contribution < 1.29 is 4.52 Å². The zero-order valence-electron chi connectivity index (χ0n) is 9.78. The lowest BCUT2D eigenvalue weighted by Crippen LogP contribution is -2.21. The molecule has 3 atom stereocenters. The molecule has 0 aliphatic carbocycles. The van der Waals surface area contributed by atoms with E-state index in [-0.39, 0.29) is 0 Å². The fourth-order valence-corrected chi connectivity index (χ4v) is 3.00. The summed E-state index contributed by atoms with van der Waals surface area (Å²) < 4.78 is 5.39. The summed E-state index contributed by atoms with van der Waals surface area (Å²) in [6, 6.07) is 1.14. The van der Waals surface area contributed by atoms with E-state index in [4.69, 9.17) is 4.52 Å². The Kier molecular flexibility index (Phi) is 2.16. The lowest BCUT2D eigenvalue weighted by Gasteiger charge is -2.15. The fraction of sp³-hybridized carbons (Fsp3) is 0.500. The molecular weight excluding hydrogens is 230 g/mol. The van der Waals surface area contributed by atoms with Crippen LogP contribution < -0.4 is 5.32 Å². The summed E-state index contributed by atoms with van der Waals surface area (Å²) in [7, 11) is 0. The molecule has 0 saturated carbocycles. The monoisotopic (exact) mass is 243 g/mol. The molecule has 92 valence electrons. The van der Waals surface area contributed by atoms with Crippen molar-refractivity contribution in [3.05, 3.63) is 24.5 Å². The average Bonchev–Trinajstić information content (AvgIpc) is 3.15. The Hall–Kier alpha value is -1.82. The second-order valence-corrected chi connectivity index (χ2v) is 4.94. The largest absolute Gasteiger partial charge is 0.339 e. The van der Waals surface area contributed by atoms with E-state index >= 15 is 0 Å². The second kappa shape index (κ2) is 3.84. The van der Waals surface area contributed by atoms with Gasteiger partial charge in [-0.15, -0.1) is 0 Å². The molecule has 2 aromatic rings. The van der Waals surface area contributed by atoms with Crippen LogP contribution in [0.15, 0.2) is 23.1 Å². The van der Waals surface area contributed by atoms with Gasteiger partial charge in [-0.05, 0) is 19.3 Å². The minimum atomic E-state index is 0.363. The summed E-state index contributed by atoms with van der Waals surface area (Å²) >= 11 is 0. The van der Waals surface area contributed by atoms with Gasteiger partial charge >= 0.3 is 0 Å². The Balaban J connectivity index is 1.63. The Labute approximate surface area is 104 Å². The highest BCUT2D eigenvalue weighted by Gasteiger charge is 2.42. The zero-order valence-corrected chi connectivity index (χ0v) is 9.78. The smallest absolute Gasteiger partial charge is 0.231 e. The molecule has 6 nitrogen and oxygen atoms in total. The number of nitrogens with one attached hydrogen (secondary N) is 1. The maximum atomic E-state index is 5.39. The maximum absolute atomic E-state index is 5.39. The molecule has 3 unspecified atom stereocenters. The highest BCUT2D eigenvalue weighted by atomic mass is 16.5. The van der Waals surface area contributed by atoms with Crippen molar-refractivity contribution in [1.29, 1.82) is 0 Å². The van der Waals surface area contributed by atoms with Crippen molar-refractivity contribution >= 4 is 0 Å². The van der Waals surface area contributed by atoms with Crippen molar-refractivity contribution in [1.82, 2.24) is 25.4 Å². The molecule has 4 heterocycles. The van der Waals surface area contributed by atoms with Crippen LogP contribution >= 0.6 is 0 Å². The van der Waals surface area contributed by atoms with Crippen LogP contribution in [0.4, 0.5) is 0 Å². The SMILES string of the molecule is c1cnc(-c2noc(C3CC4CCC3N4)n2)cn1. The first-order valence-corrected chi connectivity index (χ1v) is 6.26. The van der Waals surface area contributed by atoms with Gasteiger partial charge in [0.1, 0.15) is 5.69 Å². The predicted octanol–water partition coefficient (Wildman–Crippen LogP) is 1.13. The first kappa shape index (κ1) is 10.1.